The number of hydrogen-bond acceptors (Lipinski definition) is 4. The first kappa shape index (κ1) is 36.2. The van der Waals surface area contributed by atoms with E-state index in [-0.39, 0.29) is 38.0 Å². The molecule has 3 aromatic rings. The predicted molar refractivity (Wildman–Crippen MR) is 172 cm³/mol. The lowest BCUT2D eigenvalue weighted by Gasteiger charge is -2.34. The highest BCUT2D eigenvalue weighted by molar-refractivity contribution is 7.92. The molecule has 0 heterocycles. The van der Waals surface area contributed by atoms with Crippen LogP contribution in [-0.2, 0) is 38.8 Å². The lowest BCUT2D eigenvalue weighted by Crippen LogP contribution is -2.54. The van der Waals surface area contributed by atoms with Crippen LogP contribution >= 0.6 is 23.2 Å². The van der Waals surface area contributed by atoms with Crippen molar-refractivity contribution in [2.45, 2.75) is 64.3 Å². The second-order valence-electron chi connectivity index (χ2n) is 11.7. The third-order valence-electron chi connectivity index (χ3n) is 6.77. The van der Waals surface area contributed by atoms with Gasteiger partial charge in [0.25, 0.3) is 0 Å². The van der Waals surface area contributed by atoms with Crippen LogP contribution < -0.4 is 9.62 Å². The Morgan fingerprint density at radius 1 is 0.911 bits per heavy atom. The van der Waals surface area contributed by atoms with E-state index in [4.69, 9.17) is 23.2 Å². The summed E-state index contributed by atoms with van der Waals surface area (Å²) < 4.78 is 66.1. The zero-order chi connectivity index (χ0) is 33.6. The summed E-state index contributed by atoms with van der Waals surface area (Å²) in [6.07, 6.45) is -3.89. The maximum Gasteiger partial charge on any atom is 0.416 e. The summed E-state index contributed by atoms with van der Waals surface area (Å²) in [5.74, 6) is -0.905. The molecule has 0 aliphatic heterocycles. The van der Waals surface area contributed by atoms with E-state index < -0.39 is 45.2 Å². The fourth-order valence-electron chi connectivity index (χ4n) is 4.70. The lowest BCUT2D eigenvalue weighted by atomic mass is 10.00. The molecular weight excluding hydrogens is 650 g/mol. The number of rotatable bonds is 12. The Kier molecular flexibility index (Phi) is 12.0. The molecule has 0 aliphatic rings. The fourth-order valence-corrected chi connectivity index (χ4v) is 6.18. The number of hydrogen-bond donors (Lipinski definition) is 1. The fraction of sp³-hybridized carbons (Fsp3) is 0.375. The highest BCUT2D eigenvalue weighted by atomic mass is 35.5. The van der Waals surface area contributed by atoms with E-state index in [1.807, 2.05) is 51.1 Å². The Hall–Kier alpha value is -3.28. The van der Waals surface area contributed by atoms with Crippen molar-refractivity contribution in [1.82, 2.24) is 10.2 Å². The summed E-state index contributed by atoms with van der Waals surface area (Å²) in [7, 11) is -4.01. The van der Waals surface area contributed by atoms with Crippen LogP contribution in [0.4, 0.5) is 18.9 Å². The maximum absolute atomic E-state index is 14.0. The summed E-state index contributed by atoms with van der Waals surface area (Å²) >= 11 is 12.9. The molecule has 7 nitrogen and oxygen atoms in total. The Morgan fingerprint density at radius 3 is 2.07 bits per heavy atom. The first-order valence-electron chi connectivity index (χ1n) is 14.1. The van der Waals surface area contributed by atoms with Gasteiger partial charge in [-0.25, -0.2) is 8.42 Å². The summed E-state index contributed by atoms with van der Waals surface area (Å²) in [6, 6.07) is 17.0. The SMILES string of the molecule is CC(C)(C)NC(=O)C(Cc1ccccc1)N(Cc1c(Cl)cccc1Cl)C(=O)CCCN(c1cccc(C(F)(F)F)c1)S(C)(=O)=O. The molecule has 0 spiro atoms. The third kappa shape index (κ3) is 10.6. The van der Waals surface area contributed by atoms with Crippen molar-refractivity contribution in [3.8, 4) is 0 Å². The van der Waals surface area contributed by atoms with Gasteiger partial charge in [-0.2, -0.15) is 13.2 Å². The van der Waals surface area contributed by atoms with E-state index in [0.29, 0.717) is 15.6 Å². The summed E-state index contributed by atoms with van der Waals surface area (Å²) in [5, 5.41) is 3.53. The highest BCUT2D eigenvalue weighted by Crippen LogP contribution is 2.33. The van der Waals surface area contributed by atoms with Crippen LogP contribution in [0.15, 0.2) is 72.8 Å². The normalized spacial score (nSPS) is 12.8. The average Bonchev–Trinajstić information content (AvgIpc) is 2.92. The van der Waals surface area contributed by atoms with Gasteiger partial charge in [-0.1, -0.05) is 65.7 Å². The number of amides is 2. The van der Waals surface area contributed by atoms with E-state index in [1.165, 1.54) is 11.0 Å². The molecule has 0 saturated heterocycles. The quantitative estimate of drug-likeness (QED) is 0.220. The van der Waals surface area contributed by atoms with Crippen LogP contribution in [-0.4, -0.2) is 49.5 Å². The zero-order valence-corrected chi connectivity index (χ0v) is 27.7. The van der Waals surface area contributed by atoms with Crippen LogP contribution in [0.3, 0.4) is 0 Å². The Bertz CT molecular complexity index is 1580. The van der Waals surface area contributed by atoms with Gasteiger partial charge in [0.1, 0.15) is 6.04 Å². The van der Waals surface area contributed by atoms with Gasteiger partial charge in [0.2, 0.25) is 21.8 Å². The molecule has 2 amide bonds. The zero-order valence-electron chi connectivity index (χ0n) is 25.4. The third-order valence-corrected chi connectivity index (χ3v) is 8.68. The number of nitrogens with zero attached hydrogens (tertiary/aromatic N) is 2. The molecule has 0 aromatic heterocycles. The van der Waals surface area contributed by atoms with E-state index in [2.05, 4.69) is 5.32 Å². The van der Waals surface area contributed by atoms with Crippen LogP contribution in [0.2, 0.25) is 10.0 Å². The van der Waals surface area contributed by atoms with Gasteiger partial charge in [-0.15, -0.1) is 0 Å². The molecule has 0 fully saturated rings. The smallest absolute Gasteiger partial charge is 0.350 e. The topological polar surface area (TPSA) is 86.8 Å². The first-order chi connectivity index (χ1) is 20.9. The minimum Gasteiger partial charge on any atom is -0.350 e. The number of halogens is 5. The van der Waals surface area contributed by atoms with Crippen molar-refractivity contribution in [3.63, 3.8) is 0 Å². The molecule has 1 N–H and O–H groups in total. The molecule has 0 aliphatic carbocycles. The number of carbonyl (C=O) groups excluding carboxylic acids is 2. The molecular formula is C32H36Cl2F3N3O4S. The molecule has 244 valence electrons. The van der Waals surface area contributed by atoms with E-state index in [9.17, 15) is 31.2 Å². The van der Waals surface area contributed by atoms with Gasteiger partial charge in [0.15, 0.2) is 0 Å². The molecule has 0 saturated carbocycles. The summed E-state index contributed by atoms with van der Waals surface area (Å²) in [6.45, 7) is 5.05. The lowest BCUT2D eigenvalue weighted by molar-refractivity contribution is -0.142. The van der Waals surface area contributed by atoms with Crippen molar-refractivity contribution < 1.29 is 31.2 Å². The second-order valence-corrected chi connectivity index (χ2v) is 14.4. The number of nitrogens with one attached hydrogen (secondary N) is 1. The summed E-state index contributed by atoms with van der Waals surface area (Å²) in [5.41, 5.74) is -0.573. The largest absolute Gasteiger partial charge is 0.416 e. The monoisotopic (exact) mass is 685 g/mol. The van der Waals surface area contributed by atoms with Gasteiger partial charge in [-0.05, 0) is 63.1 Å². The molecule has 3 aromatic carbocycles. The van der Waals surface area contributed by atoms with Crippen molar-refractivity contribution in [2.75, 3.05) is 17.1 Å². The van der Waals surface area contributed by atoms with Crippen molar-refractivity contribution in [2.24, 2.45) is 0 Å². The van der Waals surface area contributed by atoms with Crippen molar-refractivity contribution in [3.05, 3.63) is 99.5 Å². The predicted octanol–water partition coefficient (Wildman–Crippen LogP) is 7.11. The molecule has 0 radical (unpaired) electrons. The van der Waals surface area contributed by atoms with Gasteiger partial charge >= 0.3 is 6.18 Å². The Morgan fingerprint density at radius 2 is 1.51 bits per heavy atom. The molecule has 0 bridgehead atoms. The summed E-state index contributed by atoms with van der Waals surface area (Å²) in [4.78, 5) is 29.1. The van der Waals surface area contributed by atoms with Gasteiger partial charge in [-0.3, -0.25) is 13.9 Å². The standard InChI is InChI=1S/C32H36Cl2F3N3O4S/c1-31(2,3)38-30(42)28(19-22-11-6-5-7-12-22)39(21-25-26(33)15-9-16-27(25)34)29(41)17-10-18-40(45(4,43)44)24-14-8-13-23(20-24)32(35,36)37/h5-9,11-16,20,28H,10,17-19,21H2,1-4H3,(H,38,42). The van der Waals surface area contributed by atoms with Crippen LogP contribution in [0.5, 0.6) is 0 Å². The van der Waals surface area contributed by atoms with Crippen LogP contribution in [0.1, 0.15) is 50.3 Å². The molecule has 1 atom stereocenters. The molecule has 13 heteroatoms. The minimum atomic E-state index is -4.67. The highest BCUT2D eigenvalue weighted by Gasteiger charge is 2.34. The number of sulfonamides is 1. The number of anilines is 1. The second kappa shape index (κ2) is 14.9. The van der Waals surface area contributed by atoms with Gasteiger partial charge in [0, 0.05) is 47.1 Å². The number of alkyl halides is 3. The number of benzene rings is 3. The minimum absolute atomic E-state index is 0.0478. The molecule has 3 rings (SSSR count). The Labute approximate surface area is 272 Å². The van der Waals surface area contributed by atoms with E-state index in [0.717, 1.165) is 34.3 Å². The van der Waals surface area contributed by atoms with Gasteiger partial charge in [0.05, 0.1) is 17.5 Å². The van der Waals surface area contributed by atoms with Crippen LogP contribution in [0.25, 0.3) is 0 Å². The Balaban J connectivity index is 1.96. The van der Waals surface area contributed by atoms with Gasteiger partial charge < -0.3 is 10.2 Å². The maximum atomic E-state index is 14.0. The van der Waals surface area contributed by atoms with Crippen molar-refractivity contribution in [1.29, 1.82) is 0 Å². The number of carbonyl (C=O) groups is 2. The van der Waals surface area contributed by atoms with E-state index in [1.54, 1.807) is 18.2 Å². The average molecular weight is 687 g/mol. The molecule has 45 heavy (non-hydrogen) atoms. The van der Waals surface area contributed by atoms with E-state index >= 15 is 0 Å². The van der Waals surface area contributed by atoms with Crippen molar-refractivity contribution >= 4 is 50.7 Å². The van der Waals surface area contributed by atoms with Crippen LogP contribution in [0, 0.1) is 0 Å². The first-order valence-corrected chi connectivity index (χ1v) is 16.7. The molecule has 1 unspecified atom stereocenters.